The Bertz CT molecular complexity index is 517. The third-order valence-electron chi connectivity index (χ3n) is 3.72. The number of sulfonamides is 1. The number of benzene rings is 1. The molecular weight excluding hydrogens is 272 g/mol. The third-order valence-corrected chi connectivity index (χ3v) is 5.25. The molecule has 0 spiro atoms. The minimum Gasteiger partial charge on any atom is -0.328 e. The third kappa shape index (κ3) is 4.30. The van der Waals surface area contributed by atoms with Crippen LogP contribution >= 0.6 is 0 Å². The predicted octanol–water partition coefficient (Wildman–Crippen LogP) is 2.19. The van der Waals surface area contributed by atoms with E-state index in [1.54, 1.807) is 12.1 Å². The van der Waals surface area contributed by atoms with E-state index in [1.165, 1.54) is 6.42 Å². The number of hydrogen-bond acceptors (Lipinski definition) is 3. The van der Waals surface area contributed by atoms with E-state index in [-0.39, 0.29) is 12.1 Å². The van der Waals surface area contributed by atoms with Crippen molar-refractivity contribution in [3.05, 3.63) is 29.8 Å². The molecule has 0 radical (unpaired) electrons. The molecule has 1 aromatic carbocycles. The van der Waals surface area contributed by atoms with Gasteiger partial charge in [-0.3, -0.25) is 0 Å². The van der Waals surface area contributed by atoms with Crippen molar-refractivity contribution in [2.75, 3.05) is 0 Å². The zero-order valence-corrected chi connectivity index (χ0v) is 12.8. The Labute approximate surface area is 121 Å². The van der Waals surface area contributed by atoms with Crippen LogP contribution < -0.4 is 10.5 Å². The van der Waals surface area contributed by atoms with Crippen LogP contribution in [0.1, 0.15) is 44.6 Å². The van der Waals surface area contributed by atoms with Gasteiger partial charge in [-0.15, -0.1) is 0 Å². The molecule has 20 heavy (non-hydrogen) atoms. The summed E-state index contributed by atoms with van der Waals surface area (Å²) in [6, 6.07) is 7.21. The van der Waals surface area contributed by atoms with E-state index in [0.717, 1.165) is 37.7 Å². The zero-order chi connectivity index (χ0) is 14.6. The molecule has 1 saturated carbocycles. The second kappa shape index (κ2) is 6.70. The van der Waals surface area contributed by atoms with E-state index in [9.17, 15) is 8.42 Å². The summed E-state index contributed by atoms with van der Waals surface area (Å²) < 4.78 is 27.4. The van der Waals surface area contributed by atoms with Gasteiger partial charge in [-0.1, -0.05) is 31.4 Å². The summed E-state index contributed by atoms with van der Waals surface area (Å²) in [5, 5.41) is 0. The summed E-state index contributed by atoms with van der Waals surface area (Å²) in [5.41, 5.74) is 6.81. The summed E-state index contributed by atoms with van der Waals surface area (Å²) in [6.45, 7) is 1.94. The average Bonchev–Trinajstić information content (AvgIpc) is 2.39. The van der Waals surface area contributed by atoms with Gasteiger partial charge in [-0.25, -0.2) is 13.1 Å². The molecule has 2 rings (SSSR count). The summed E-state index contributed by atoms with van der Waals surface area (Å²) in [6.07, 6.45) is 6.09. The van der Waals surface area contributed by atoms with Crippen molar-refractivity contribution in [2.24, 2.45) is 5.73 Å². The van der Waals surface area contributed by atoms with Crippen LogP contribution in [0.15, 0.2) is 29.2 Å². The fraction of sp³-hybridized carbons (Fsp3) is 0.600. The van der Waals surface area contributed by atoms with Gasteiger partial charge in [0.2, 0.25) is 10.0 Å². The fourth-order valence-electron chi connectivity index (χ4n) is 2.68. The van der Waals surface area contributed by atoms with Gasteiger partial charge in [-0.2, -0.15) is 0 Å². The summed E-state index contributed by atoms with van der Waals surface area (Å²) in [5.74, 6) is 0. The summed E-state index contributed by atoms with van der Waals surface area (Å²) >= 11 is 0. The van der Waals surface area contributed by atoms with Gasteiger partial charge < -0.3 is 5.73 Å². The fourth-order valence-corrected chi connectivity index (χ4v) is 3.99. The highest BCUT2D eigenvalue weighted by atomic mass is 32.2. The van der Waals surface area contributed by atoms with Gasteiger partial charge in [-0.05, 0) is 43.9 Å². The van der Waals surface area contributed by atoms with E-state index >= 15 is 0 Å². The Hall–Kier alpha value is -0.910. The standard InChI is InChI=1S/C15H24N2O2S/c1-12(16)11-13-7-9-15(10-8-13)20(18,19)17-14-5-3-2-4-6-14/h7-10,12,14,17H,2-6,11,16H2,1H3. The molecule has 1 aliphatic carbocycles. The molecule has 1 aliphatic rings. The lowest BCUT2D eigenvalue weighted by atomic mass is 9.96. The van der Waals surface area contributed by atoms with E-state index < -0.39 is 10.0 Å². The highest BCUT2D eigenvalue weighted by Gasteiger charge is 2.21. The molecular formula is C15H24N2O2S. The molecule has 0 amide bonds. The zero-order valence-electron chi connectivity index (χ0n) is 12.0. The van der Waals surface area contributed by atoms with Gasteiger partial charge in [0.25, 0.3) is 0 Å². The van der Waals surface area contributed by atoms with Gasteiger partial charge in [0, 0.05) is 12.1 Å². The number of rotatable bonds is 5. The molecule has 3 N–H and O–H groups in total. The monoisotopic (exact) mass is 296 g/mol. The molecule has 0 bridgehead atoms. The molecule has 1 atom stereocenters. The minimum atomic E-state index is -3.39. The van der Waals surface area contributed by atoms with Crippen molar-refractivity contribution in [3.8, 4) is 0 Å². The van der Waals surface area contributed by atoms with Gasteiger partial charge in [0.05, 0.1) is 4.90 Å². The second-order valence-corrected chi connectivity index (χ2v) is 7.50. The van der Waals surface area contributed by atoms with Gasteiger partial charge >= 0.3 is 0 Å². The lowest BCUT2D eigenvalue weighted by molar-refractivity contribution is 0.412. The van der Waals surface area contributed by atoms with Crippen molar-refractivity contribution >= 4 is 10.0 Å². The molecule has 0 heterocycles. The first-order valence-electron chi connectivity index (χ1n) is 7.34. The Balaban J connectivity index is 2.04. The molecule has 4 nitrogen and oxygen atoms in total. The highest BCUT2D eigenvalue weighted by molar-refractivity contribution is 7.89. The van der Waals surface area contributed by atoms with Crippen molar-refractivity contribution < 1.29 is 8.42 Å². The number of nitrogens with two attached hydrogens (primary N) is 1. The number of nitrogens with one attached hydrogen (secondary N) is 1. The maximum atomic E-state index is 12.3. The lowest BCUT2D eigenvalue weighted by Gasteiger charge is -2.22. The highest BCUT2D eigenvalue weighted by Crippen LogP contribution is 2.20. The Morgan fingerprint density at radius 1 is 1.20 bits per heavy atom. The predicted molar refractivity (Wildman–Crippen MR) is 81.0 cm³/mol. The lowest BCUT2D eigenvalue weighted by Crippen LogP contribution is -2.36. The van der Waals surface area contributed by atoms with Crippen LogP contribution in [-0.2, 0) is 16.4 Å². The first kappa shape index (κ1) is 15.5. The van der Waals surface area contributed by atoms with Crippen LogP contribution in [0.5, 0.6) is 0 Å². The smallest absolute Gasteiger partial charge is 0.240 e. The molecule has 5 heteroatoms. The van der Waals surface area contributed by atoms with Crippen LogP contribution in [0.2, 0.25) is 0 Å². The molecule has 0 aliphatic heterocycles. The topological polar surface area (TPSA) is 72.2 Å². The SMILES string of the molecule is CC(N)Cc1ccc(S(=O)(=O)NC2CCCCC2)cc1. The molecule has 112 valence electrons. The maximum absolute atomic E-state index is 12.3. The van der Waals surface area contributed by atoms with E-state index in [2.05, 4.69) is 4.72 Å². The van der Waals surface area contributed by atoms with Crippen molar-refractivity contribution in [3.63, 3.8) is 0 Å². The first-order valence-corrected chi connectivity index (χ1v) is 8.82. The summed E-state index contributed by atoms with van der Waals surface area (Å²) in [7, 11) is -3.39. The van der Waals surface area contributed by atoms with Crippen molar-refractivity contribution in [1.29, 1.82) is 0 Å². The van der Waals surface area contributed by atoms with E-state index in [1.807, 2.05) is 19.1 Å². The largest absolute Gasteiger partial charge is 0.328 e. The maximum Gasteiger partial charge on any atom is 0.240 e. The molecule has 0 aromatic heterocycles. The van der Waals surface area contributed by atoms with Crippen LogP contribution in [0.3, 0.4) is 0 Å². The van der Waals surface area contributed by atoms with E-state index in [0.29, 0.717) is 4.90 Å². The van der Waals surface area contributed by atoms with Crippen LogP contribution in [0.25, 0.3) is 0 Å². The van der Waals surface area contributed by atoms with Crippen LogP contribution in [0, 0.1) is 0 Å². The molecule has 0 saturated heterocycles. The minimum absolute atomic E-state index is 0.0813. The molecule has 1 fully saturated rings. The van der Waals surface area contributed by atoms with Gasteiger partial charge in [0.1, 0.15) is 0 Å². The van der Waals surface area contributed by atoms with Crippen molar-refractivity contribution in [2.45, 2.75) is 62.4 Å². The Morgan fingerprint density at radius 3 is 2.35 bits per heavy atom. The Kier molecular flexibility index (Phi) is 5.18. The molecule has 1 unspecified atom stereocenters. The van der Waals surface area contributed by atoms with E-state index in [4.69, 9.17) is 5.73 Å². The quantitative estimate of drug-likeness (QED) is 0.875. The average molecular weight is 296 g/mol. The van der Waals surface area contributed by atoms with Crippen molar-refractivity contribution in [1.82, 2.24) is 4.72 Å². The second-order valence-electron chi connectivity index (χ2n) is 5.78. The Morgan fingerprint density at radius 2 is 1.80 bits per heavy atom. The molecule has 1 aromatic rings. The number of hydrogen-bond donors (Lipinski definition) is 2. The summed E-state index contributed by atoms with van der Waals surface area (Å²) in [4.78, 5) is 0.344. The van der Waals surface area contributed by atoms with Crippen LogP contribution in [-0.4, -0.2) is 20.5 Å². The van der Waals surface area contributed by atoms with Gasteiger partial charge in [0.15, 0.2) is 0 Å². The first-order chi connectivity index (χ1) is 9.47. The normalized spacial score (nSPS) is 18.9. The van der Waals surface area contributed by atoms with Crippen LogP contribution in [0.4, 0.5) is 0 Å².